The van der Waals surface area contributed by atoms with Gasteiger partial charge >= 0.3 is 5.69 Å². The van der Waals surface area contributed by atoms with Crippen LogP contribution in [0.3, 0.4) is 0 Å². The van der Waals surface area contributed by atoms with E-state index in [1.807, 2.05) is 0 Å². The van der Waals surface area contributed by atoms with Gasteiger partial charge in [0.1, 0.15) is 5.82 Å². The molecule has 0 aliphatic carbocycles. The summed E-state index contributed by atoms with van der Waals surface area (Å²) < 4.78 is 13.5. The summed E-state index contributed by atoms with van der Waals surface area (Å²) in [7, 11) is 0. The molecule has 0 aliphatic rings. The molecular formula is C16H13FN4O3. The predicted molar refractivity (Wildman–Crippen MR) is 86.3 cm³/mol. The van der Waals surface area contributed by atoms with E-state index in [0.717, 1.165) is 0 Å². The SMILES string of the molecule is O=C(CNC(=O)c1ccccc1F)Nc1ccc2[nH]c(=O)[nH]c2c1. The van der Waals surface area contributed by atoms with E-state index in [4.69, 9.17) is 0 Å². The van der Waals surface area contributed by atoms with Gasteiger partial charge in [-0.05, 0) is 30.3 Å². The van der Waals surface area contributed by atoms with Crippen molar-refractivity contribution in [3.05, 3.63) is 64.3 Å². The summed E-state index contributed by atoms with van der Waals surface area (Å²) in [5.74, 6) is -1.80. The lowest BCUT2D eigenvalue weighted by Crippen LogP contribution is -2.33. The van der Waals surface area contributed by atoms with Gasteiger partial charge in [0, 0.05) is 5.69 Å². The van der Waals surface area contributed by atoms with Crippen molar-refractivity contribution in [2.45, 2.75) is 0 Å². The van der Waals surface area contributed by atoms with Crippen LogP contribution < -0.4 is 16.3 Å². The number of hydrogen-bond donors (Lipinski definition) is 4. The van der Waals surface area contributed by atoms with Crippen LogP contribution in [-0.2, 0) is 4.79 Å². The lowest BCUT2D eigenvalue weighted by molar-refractivity contribution is -0.115. The molecule has 0 saturated carbocycles. The molecule has 0 radical (unpaired) electrons. The van der Waals surface area contributed by atoms with Crippen LogP contribution in [0.4, 0.5) is 10.1 Å². The molecule has 0 unspecified atom stereocenters. The molecular weight excluding hydrogens is 315 g/mol. The molecule has 0 aliphatic heterocycles. The van der Waals surface area contributed by atoms with Crippen molar-refractivity contribution in [3.63, 3.8) is 0 Å². The van der Waals surface area contributed by atoms with E-state index in [1.165, 1.54) is 24.3 Å². The number of hydrogen-bond acceptors (Lipinski definition) is 3. The fourth-order valence-electron chi connectivity index (χ4n) is 2.22. The number of carbonyl (C=O) groups is 2. The number of rotatable bonds is 4. The Labute approximate surface area is 134 Å². The lowest BCUT2D eigenvalue weighted by Gasteiger charge is -2.07. The van der Waals surface area contributed by atoms with Gasteiger partial charge in [0.15, 0.2) is 0 Å². The highest BCUT2D eigenvalue weighted by molar-refractivity contribution is 6.00. The van der Waals surface area contributed by atoms with E-state index in [2.05, 4.69) is 20.6 Å². The van der Waals surface area contributed by atoms with Crippen LogP contribution in [0.15, 0.2) is 47.3 Å². The molecule has 24 heavy (non-hydrogen) atoms. The maximum atomic E-state index is 13.5. The molecule has 0 fully saturated rings. The zero-order chi connectivity index (χ0) is 17.1. The second kappa shape index (κ2) is 6.37. The fourth-order valence-corrected chi connectivity index (χ4v) is 2.22. The van der Waals surface area contributed by atoms with E-state index in [9.17, 15) is 18.8 Å². The molecule has 4 N–H and O–H groups in total. The summed E-state index contributed by atoms with van der Waals surface area (Å²) >= 11 is 0. The number of imidazole rings is 1. The molecule has 8 heteroatoms. The number of carbonyl (C=O) groups excluding carboxylic acids is 2. The smallest absolute Gasteiger partial charge is 0.323 e. The summed E-state index contributed by atoms with van der Waals surface area (Å²) in [5, 5.41) is 4.93. The third-order valence-corrected chi connectivity index (χ3v) is 3.33. The minimum Gasteiger partial charge on any atom is -0.343 e. The summed E-state index contributed by atoms with van der Waals surface area (Å²) in [6.07, 6.45) is 0. The van der Waals surface area contributed by atoms with Crippen molar-refractivity contribution in [2.24, 2.45) is 0 Å². The van der Waals surface area contributed by atoms with Crippen molar-refractivity contribution in [3.8, 4) is 0 Å². The number of anilines is 1. The first-order chi connectivity index (χ1) is 11.5. The average Bonchev–Trinajstić information content (AvgIpc) is 2.92. The fraction of sp³-hybridized carbons (Fsp3) is 0.0625. The number of aromatic amines is 2. The highest BCUT2D eigenvalue weighted by atomic mass is 19.1. The van der Waals surface area contributed by atoms with Gasteiger partial charge in [-0.25, -0.2) is 9.18 Å². The molecule has 2 amide bonds. The van der Waals surface area contributed by atoms with Crippen LogP contribution in [0.25, 0.3) is 11.0 Å². The minimum absolute atomic E-state index is 0.128. The Morgan fingerprint density at radius 2 is 1.79 bits per heavy atom. The number of halogens is 1. The number of H-pyrrole nitrogens is 2. The van der Waals surface area contributed by atoms with E-state index in [0.29, 0.717) is 16.7 Å². The van der Waals surface area contributed by atoms with Crippen LogP contribution in [-0.4, -0.2) is 28.3 Å². The van der Waals surface area contributed by atoms with Crippen LogP contribution in [0.5, 0.6) is 0 Å². The van der Waals surface area contributed by atoms with E-state index in [1.54, 1.807) is 18.2 Å². The van der Waals surface area contributed by atoms with Crippen LogP contribution in [0.2, 0.25) is 0 Å². The maximum absolute atomic E-state index is 13.5. The van der Waals surface area contributed by atoms with Gasteiger partial charge in [0.25, 0.3) is 5.91 Å². The first-order valence-electron chi connectivity index (χ1n) is 7.07. The van der Waals surface area contributed by atoms with Gasteiger partial charge in [-0.2, -0.15) is 0 Å². The van der Waals surface area contributed by atoms with Gasteiger partial charge in [0.2, 0.25) is 5.91 Å². The standard InChI is InChI=1S/C16H13FN4O3/c17-11-4-2-1-3-10(11)15(23)18-8-14(22)19-9-5-6-12-13(7-9)21-16(24)20-12/h1-7H,8H2,(H,18,23)(H,19,22)(H2,20,21,24). The first kappa shape index (κ1) is 15.5. The second-order valence-electron chi connectivity index (χ2n) is 5.05. The van der Waals surface area contributed by atoms with Gasteiger partial charge in [-0.1, -0.05) is 12.1 Å². The Balaban J connectivity index is 1.61. The topological polar surface area (TPSA) is 107 Å². The first-order valence-corrected chi connectivity index (χ1v) is 7.07. The molecule has 1 heterocycles. The average molecular weight is 328 g/mol. The highest BCUT2D eigenvalue weighted by Crippen LogP contribution is 2.14. The monoisotopic (exact) mass is 328 g/mol. The number of amides is 2. The molecule has 0 saturated heterocycles. The molecule has 3 rings (SSSR count). The maximum Gasteiger partial charge on any atom is 0.323 e. The molecule has 122 valence electrons. The van der Waals surface area contributed by atoms with Crippen molar-refractivity contribution in [1.82, 2.24) is 15.3 Å². The number of benzene rings is 2. The normalized spacial score (nSPS) is 10.5. The second-order valence-corrected chi connectivity index (χ2v) is 5.05. The predicted octanol–water partition coefficient (Wildman–Crippen LogP) is 1.36. The van der Waals surface area contributed by atoms with E-state index < -0.39 is 17.6 Å². The summed E-state index contributed by atoms with van der Waals surface area (Å²) in [5.41, 5.74) is 1.16. The van der Waals surface area contributed by atoms with Gasteiger partial charge in [-0.3, -0.25) is 9.59 Å². The third kappa shape index (κ3) is 3.32. The van der Waals surface area contributed by atoms with Crippen molar-refractivity contribution < 1.29 is 14.0 Å². The Morgan fingerprint density at radius 1 is 1.04 bits per heavy atom. The Bertz CT molecular complexity index is 977. The van der Waals surface area contributed by atoms with Crippen molar-refractivity contribution in [2.75, 3.05) is 11.9 Å². The quantitative estimate of drug-likeness (QED) is 0.581. The third-order valence-electron chi connectivity index (χ3n) is 3.33. The Hall–Kier alpha value is -3.42. The zero-order valence-electron chi connectivity index (χ0n) is 12.4. The van der Waals surface area contributed by atoms with E-state index >= 15 is 0 Å². The van der Waals surface area contributed by atoms with Crippen LogP contribution in [0.1, 0.15) is 10.4 Å². The molecule has 1 aromatic heterocycles. The van der Waals surface area contributed by atoms with Gasteiger partial charge in [-0.15, -0.1) is 0 Å². The lowest BCUT2D eigenvalue weighted by atomic mass is 10.2. The van der Waals surface area contributed by atoms with Crippen LogP contribution in [0, 0.1) is 5.82 Å². The Kier molecular flexibility index (Phi) is 4.11. The summed E-state index contributed by atoms with van der Waals surface area (Å²) in [6, 6.07) is 10.3. The van der Waals surface area contributed by atoms with E-state index in [-0.39, 0.29) is 17.8 Å². The molecule has 3 aromatic rings. The highest BCUT2D eigenvalue weighted by Gasteiger charge is 2.12. The summed E-state index contributed by atoms with van der Waals surface area (Å²) in [4.78, 5) is 40.0. The van der Waals surface area contributed by atoms with Crippen molar-refractivity contribution >= 4 is 28.5 Å². The number of fused-ring (bicyclic) bond motifs is 1. The largest absolute Gasteiger partial charge is 0.343 e. The van der Waals surface area contributed by atoms with Gasteiger partial charge in [0.05, 0.1) is 23.1 Å². The molecule has 0 bridgehead atoms. The number of aromatic nitrogens is 2. The van der Waals surface area contributed by atoms with Crippen molar-refractivity contribution in [1.29, 1.82) is 0 Å². The molecule has 0 atom stereocenters. The number of nitrogens with one attached hydrogen (secondary N) is 4. The molecule has 2 aromatic carbocycles. The Morgan fingerprint density at radius 3 is 2.58 bits per heavy atom. The van der Waals surface area contributed by atoms with Gasteiger partial charge < -0.3 is 20.6 Å². The zero-order valence-corrected chi connectivity index (χ0v) is 12.4. The molecule has 0 spiro atoms. The molecule has 7 nitrogen and oxygen atoms in total. The summed E-state index contributed by atoms with van der Waals surface area (Å²) in [6.45, 7) is -0.311. The minimum atomic E-state index is -0.673. The van der Waals surface area contributed by atoms with Crippen LogP contribution >= 0.6 is 0 Å².